The molecule has 1 saturated carbocycles. The lowest BCUT2D eigenvalue weighted by molar-refractivity contribution is -0.141. The lowest BCUT2D eigenvalue weighted by Crippen LogP contribution is -2.57. The summed E-state index contributed by atoms with van der Waals surface area (Å²) in [6, 6.07) is 10.7. The molecule has 0 bridgehead atoms. The highest BCUT2D eigenvalue weighted by atomic mass is 16.2. The van der Waals surface area contributed by atoms with Gasteiger partial charge in [-0.15, -0.1) is 0 Å². The summed E-state index contributed by atoms with van der Waals surface area (Å²) in [5.74, 6) is 1.19. The second-order valence-electron chi connectivity index (χ2n) is 10.9. The van der Waals surface area contributed by atoms with Crippen molar-refractivity contribution >= 4 is 11.8 Å². The molecule has 3 atom stereocenters. The number of benzene rings is 1. The Bertz CT molecular complexity index is 788. The largest absolute Gasteiger partial charge is 0.344 e. The van der Waals surface area contributed by atoms with Crippen molar-refractivity contribution in [1.29, 1.82) is 0 Å². The van der Waals surface area contributed by atoms with Crippen molar-refractivity contribution in [2.45, 2.75) is 90.1 Å². The first-order valence-electron chi connectivity index (χ1n) is 14.0. The molecule has 0 aromatic heterocycles. The van der Waals surface area contributed by atoms with Crippen LogP contribution in [-0.4, -0.2) is 59.9 Å². The van der Waals surface area contributed by atoms with Gasteiger partial charge in [0.05, 0.1) is 0 Å². The first kappa shape index (κ1) is 25.2. The van der Waals surface area contributed by atoms with Gasteiger partial charge in [0.1, 0.15) is 6.04 Å². The Morgan fingerprint density at radius 3 is 2.38 bits per heavy atom. The molecule has 2 amide bonds. The van der Waals surface area contributed by atoms with Crippen molar-refractivity contribution in [3.63, 3.8) is 0 Å². The summed E-state index contributed by atoms with van der Waals surface area (Å²) in [4.78, 5) is 31.8. The Balaban J connectivity index is 1.43. The molecule has 1 aliphatic carbocycles. The summed E-state index contributed by atoms with van der Waals surface area (Å²) >= 11 is 0. The Kier molecular flexibility index (Phi) is 9.04. The summed E-state index contributed by atoms with van der Waals surface area (Å²) in [6.07, 6.45) is 10.7. The third-order valence-electron chi connectivity index (χ3n) is 8.83. The minimum atomic E-state index is -0.341. The molecular weight excluding hydrogens is 422 g/mol. The van der Waals surface area contributed by atoms with Crippen LogP contribution < -0.4 is 5.32 Å². The average molecular weight is 468 g/mol. The normalized spacial score (nSPS) is 24.7. The van der Waals surface area contributed by atoms with E-state index >= 15 is 0 Å². The number of carbonyl (C=O) groups is 2. The average Bonchev–Trinajstić information content (AvgIpc) is 3.31. The maximum absolute atomic E-state index is 14.0. The summed E-state index contributed by atoms with van der Waals surface area (Å²) in [5.41, 5.74) is 1.38. The molecule has 5 heteroatoms. The molecule has 1 aromatic rings. The third kappa shape index (κ3) is 6.02. The number of hydrogen-bond donors (Lipinski definition) is 1. The third-order valence-corrected chi connectivity index (χ3v) is 8.83. The summed E-state index contributed by atoms with van der Waals surface area (Å²) in [7, 11) is 0. The Morgan fingerprint density at radius 2 is 1.68 bits per heavy atom. The van der Waals surface area contributed by atoms with E-state index < -0.39 is 0 Å². The number of nitrogens with one attached hydrogen (secondary N) is 1. The van der Waals surface area contributed by atoms with Gasteiger partial charge in [0, 0.05) is 31.6 Å². The molecule has 0 unspecified atom stereocenters. The minimum Gasteiger partial charge on any atom is -0.344 e. The van der Waals surface area contributed by atoms with Gasteiger partial charge in [-0.25, -0.2) is 0 Å². The molecule has 0 spiro atoms. The smallest absolute Gasteiger partial charge is 0.245 e. The van der Waals surface area contributed by atoms with Gasteiger partial charge in [0.25, 0.3) is 0 Å². The van der Waals surface area contributed by atoms with Crippen LogP contribution in [0.2, 0.25) is 0 Å². The number of rotatable bonds is 9. The zero-order chi connectivity index (χ0) is 23.9. The van der Waals surface area contributed by atoms with Crippen LogP contribution in [0.5, 0.6) is 0 Å². The number of hydrogen-bond acceptors (Lipinski definition) is 3. The number of piperidine rings is 1. The van der Waals surface area contributed by atoms with Gasteiger partial charge in [-0.05, 0) is 68.9 Å². The first-order valence-corrected chi connectivity index (χ1v) is 14.0. The summed E-state index contributed by atoms with van der Waals surface area (Å²) in [6.45, 7) is 8.15. The van der Waals surface area contributed by atoms with Crippen LogP contribution in [0.15, 0.2) is 30.3 Å². The van der Waals surface area contributed by atoms with Gasteiger partial charge in [-0.2, -0.15) is 0 Å². The highest BCUT2D eigenvalue weighted by Crippen LogP contribution is 2.34. The minimum absolute atomic E-state index is 0.00776. The molecule has 2 heterocycles. The molecule has 5 nitrogen and oxygen atoms in total. The zero-order valence-corrected chi connectivity index (χ0v) is 21.4. The highest BCUT2D eigenvalue weighted by Gasteiger charge is 2.44. The molecule has 1 aromatic carbocycles. The van der Waals surface area contributed by atoms with Crippen LogP contribution in [0.4, 0.5) is 0 Å². The van der Waals surface area contributed by atoms with E-state index in [4.69, 9.17) is 0 Å². The molecule has 4 rings (SSSR count). The van der Waals surface area contributed by atoms with E-state index in [0.29, 0.717) is 12.0 Å². The first-order chi connectivity index (χ1) is 16.6. The monoisotopic (exact) mass is 467 g/mol. The fourth-order valence-corrected chi connectivity index (χ4v) is 6.57. The van der Waals surface area contributed by atoms with Crippen LogP contribution in [0, 0.1) is 17.8 Å². The van der Waals surface area contributed by atoms with Crippen molar-refractivity contribution in [3.8, 4) is 0 Å². The summed E-state index contributed by atoms with van der Waals surface area (Å²) in [5, 5.41) is 3.27. The number of carbonyl (C=O) groups excluding carboxylic acids is 2. The number of amides is 2. The molecule has 1 N–H and O–H groups in total. The lowest BCUT2D eigenvalue weighted by Gasteiger charge is -2.41. The molecular formula is C29H45N3O2. The zero-order valence-electron chi connectivity index (χ0n) is 21.4. The van der Waals surface area contributed by atoms with Crippen LogP contribution in [0.3, 0.4) is 0 Å². The number of fused-ring (bicyclic) bond motifs is 1. The second-order valence-corrected chi connectivity index (χ2v) is 10.9. The van der Waals surface area contributed by atoms with Crippen molar-refractivity contribution < 1.29 is 9.59 Å². The van der Waals surface area contributed by atoms with E-state index in [1.54, 1.807) is 0 Å². The lowest BCUT2D eigenvalue weighted by atomic mass is 9.82. The van der Waals surface area contributed by atoms with Gasteiger partial charge < -0.3 is 15.1 Å². The van der Waals surface area contributed by atoms with Gasteiger partial charge in [0.15, 0.2) is 0 Å². The molecule has 0 radical (unpaired) electrons. The van der Waals surface area contributed by atoms with E-state index in [1.807, 2.05) is 0 Å². The standard InChI is InChI=1S/C29H45N3O2/c1-3-23(4-2)28(33)30-27(25-13-9-6-10-14-25)29(34)32-20-17-24-16-19-31(21-26(24)32)18-15-22-11-7-5-8-12-22/h5,7-8,11-12,23-27H,3-4,6,9-10,13-21H2,1-2H3,(H,30,33)/t24-,26-,27+/m1/s1. The maximum Gasteiger partial charge on any atom is 0.245 e. The molecule has 2 saturated heterocycles. The van der Waals surface area contributed by atoms with Crippen LogP contribution >= 0.6 is 0 Å². The Morgan fingerprint density at radius 1 is 0.971 bits per heavy atom. The van der Waals surface area contributed by atoms with Gasteiger partial charge in [-0.1, -0.05) is 63.4 Å². The topological polar surface area (TPSA) is 52.7 Å². The SMILES string of the molecule is CCC(CC)C(=O)N[C@H](C(=O)N1CC[C@H]2CCN(CCc3ccccc3)C[C@H]21)C1CCCCC1. The molecule has 3 aliphatic rings. The number of likely N-dealkylation sites (tertiary alicyclic amines) is 2. The van der Waals surface area contributed by atoms with E-state index in [0.717, 1.165) is 64.7 Å². The van der Waals surface area contributed by atoms with Crippen molar-refractivity contribution in [2.75, 3.05) is 26.2 Å². The van der Waals surface area contributed by atoms with Crippen LogP contribution in [0.1, 0.15) is 77.2 Å². The second kappa shape index (κ2) is 12.2. The Labute approximate surface area is 206 Å². The molecule has 2 aliphatic heterocycles. The van der Waals surface area contributed by atoms with E-state index in [1.165, 1.54) is 31.2 Å². The molecule has 3 fully saturated rings. The molecule has 34 heavy (non-hydrogen) atoms. The van der Waals surface area contributed by atoms with E-state index in [-0.39, 0.29) is 29.7 Å². The van der Waals surface area contributed by atoms with Gasteiger partial charge in [0.2, 0.25) is 11.8 Å². The van der Waals surface area contributed by atoms with Crippen LogP contribution in [0.25, 0.3) is 0 Å². The van der Waals surface area contributed by atoms with Crippen molar-refractivity contribution in [1.82, 2.24) is 15.1 Å². The quantitative estimate of drug-likeness (QED) is 0.575. The van der Waals surface area contributed by atoms with E-state index in [2.05, 4.69) is 59.3 Å². The maximum atomic E-state index is 14.0. The number of nitrogens with zero attached hydrogens (tertiary/aromatic N) is 2. The van der Waals surface area contributed by atoms with Crippen LogP contribution in [-0.2, 0) is 16.0 Å². The van der Waals surface area contributed by atoms with Gasteiger partial charge >= 0.3 is 0 Å². The molecule has 188 valence electrons. The Hall–Kier alpha value is -1.88. The highest BCUT2D eigenvalue weighted by molar-refractivity contribution is 5.89. The fraction of sp³-hybridized carbons (Fsp3) is 0.724. The van der Waals surface area contributed by atoms with Gasteiger partial charge in [-0.3, -0.25) is 9.59 Å². The van der Waals surface area contributed by atoms with Crippen molar-refractivity contribution in [2.24, 2.45) is 17.8 Å². The van der Waals surface area contributed by atoms with E-state index in [9.17, 15) is 9.59 Å². The fourth-order valence-electron chi connectivity index (χ4n) is 6.57. The predicted molar refractivity (Wildman–Crippen MR) is 137 cm³/mol. The summed E-state index contributed by atoms with van der Waals surface area (Å²) < 4.78 is 0. The van der Waals surface area contributed by atoms with Crippen molar-refractivity contribution in [3.05, 3.63) is 35.9 Å². The predicted octanol–water partition coefficient (Wildman–Crippen LogP) is 4.65.